The average molecular weight is 362 g/mol. The zero-order valence-corrected chi connectivity index (χ0v) is 14.5. The van der Waals surface area contributed by atoms with E-state index in [0.29, 0.717) is 37.0 Å². The molecule has 1 aromatic heterocycles. The van der Waals surface area contributed by atoms with Gasteiger partial charge in [0.25, 0.3) is 0 Å². The van der Waals surface area contributed by atoms with Crippen LogP contribution in [0.15, 0.2) is 42.6 Å². The average Bonchev–Trinajstić information content (AvgIpc) is 3.24. The number of ether oxygens (including phenoxy) is 1. The molecule has 1 fully saturated rings. The molecule has 0 bridgehead atoms. The minimum absolute atomic E-state index is 0.0252. The predicted molar refractivity (Wildman–Crippen MR) is 94.3 cm³/mol. The Kier molecular flexibility index (Phi) is 5.60. The third-order valence-corrected chi connectivity index (χ3v) is 4.47. The van der Waals surface area contributed by atoms with E-state index in [1.54, 1.807) is 23.2 Å². The van der Waals surface area contributed by atoms with Crippen molar-refractivity contribution in [2.75, 3.05) is 19.7 Å². The van der Waals surface area contributed by atoms with Crippen molar-refractivity contribution in [3.05, 3.63) is 53.3 Å². The van der Waals surface area contributed by atoms with E-state index in [-0.39, 0.29) is 24.2 Å². The lowest BCUT2D eigenvalue weighted by Gasteiger charge is -2.17. The fraction of sp³-hybridized carbons (Fsp3) is 0.333. The van der Waals surface area contributed by atoms with Crippen LogP contribution in [0.1, 0.15) is 12.1 Å². The predicted octanol–water partition coefficient (Wildman–Crippen LogP) is 2.21. The first-order valence-corrected chi connectivity index (χ1v) is 8.56. The summed E-state index contributed by atoms with van der Waals surface area (Å²) in [6.07, 6.45) is 2.05. The molecule has 132 valence electrons. The summed E-state index contributed by atoms with van der Waals surface area (Å²) in [5.41, 5.74) is 0.933. The number of H-pyrrole nitrogens is 1. The molecule has 2 heterocycles. The second-order valence-electron chi connectivity index (χ2n) is 5.93. The summed E-state index contributed by atoms with van der Waals surface area (Å²) >= 11 is 6.03. The first kappa shape index (κ1) is 17.4. The molecule has 2 aromatic rings. The lowest BCUT2D eigenvalue weighted by Crippen LogP contribution is -2.34. The van der Waals surface area contributed by atoms with Gasteiger partial charge in [-0.1, -0.05) is 23.7 Å². The highest BCUT2D eigenvalue weighted by molar-refractivity contribution is 6.32. The van der Waals surface area contributed by atoms with Crippen LogP contribution in [0, 0.1) is 5.92 Å². The third kappa shape index (κ3) is 4.54. The van der Waals surface area contributed by atoms with Crippen molar-refractivity contribution < 1.29 is 14.3 Å². The number of nitrogens with zero attached hydrogens (tertiary/aromatic N) is 1. The van der Waals surface area contributed by atoms with E-state index in [1.165, 1.54) is 0 Å². The Hall–Kier alpha value is -2.47. The van der Waals surface area contributed by atoms with Gasteiger partial charge in [0, 0.05) is 24.9 Å². The number of nitrogens with one attached hydrogen (secondary N) is 2. The molecular weight excluding hydrogens is 342 g/mol. The van der Waals surface area contributed by atoms with Crippen LogP contribution in [0.4, 0.5) is 0 Å². The Bertz CT molecular complexity index is 733. The number of halogens is 1. The summed E-state index contributed by atoms with van der Waals surface area (Å²) in [7, 11) is 0. The SMILES string of the molecule is O=C(NCc1ccc[nH]1)C1CC(=O)N(CCOc2ccccc2Cl)C1. The number of carbonyl (C=O) groups is 2. The van der Waals surface area contributed by atoms with Gasteiger partial charge in [-0.2, -0.15) is 0 Å². The fourth-order valence-corrected chi connectivity index (χ4v) is 2.99. The molecule has 0 radical (unpaired) electrons. The van der Waals surface area contributed by atoms with Crippen molar-refractivity contribution in [3.63, 3.8) is 0 Å². The largest absolute Gasteiger partial charge is 0.490 e. The summed E-state index contributed by atoms with van der Waals surface area (Å²) in [6, 6.07) is 11.0. The van der Waals surface area contributed by atoms with Crippen molar-refractivity contribution in [2.45, 2.75) is 13.0 Å². The number of hydrogen-bond acceptors (Lipinski definition) is 3. The number of para-hydroxylation sites is 1. The van der Waals surface area contributed by atoms with Gasteiger partial charge in [0.05, 0.1) is 24.0 Å². The number of amides is 2. The topological polar surface area (TPSA) is 74.4 Å². The summed E-state index contributed by atoms with van der Waals surface area (Å²) in [5, 5.41) is 3.40. The number of aromatic nitrogens is 1. The highest BCUT2D eigenvalue weighted by Crippen LogP contribution is 2.23. The minimum atomic E-state index is -0.317. The molecule has 1 aliphatic heterocycles. The fourth-order valence-electron chi connectivity index (χ4n) is 2.80. The number of benzene rings is 1. The van der Waals surface area contributed by atoms with Crippen molar-refractivity contribution in [1.29, 1.82) is 0 Å². The monoisotopic (exact) mass is 361 g/mol. The number of carbonyl (C=O) groups excluding carboxylic acids is 2. The summed E-state index contributed by atoms with van der Waals surface area (Å²) < 4.78 is 5.61. The Morgan fingerprint density at radius 3 is 2.92 bits per heavy atom. The normalized spacial score (nSPS) is 16.9. The molecule has 25 heavy (non-hydrogen) atoms. The summed E-state index contributed by atoms with van der Waals surface area (Å²) in [5.74, 6) is 0.152. The number of aromatic amines is 1. The second kappa shape index (κ2) is 8.07. The Morgan fingerprint density at radius 2 is 2.16 bits per heavy atom. The first-order chi connectivity index (χ1) is 12.1. The van der Waals surface area contributed by atoms with Crippen molar-refractivity contribution >= 4 is 23.4 Å². The lowest BCUT2D eigenvalue weighted by atomic mass is 10.1. The molecule has 0 aliphatic carbocycles. The highest BCUT2D eigenvalue weighted by atomic mass is 35.5. The first-order valence-electron chi connectivity index (χ1n) is 8.18. The molecule has 7 heteroatoms. The Morgan fingerprint density at radius 1 is 1.32 bits per heavy atom. The van der Waals surface area contributed by atoms with Gasteiger partial charge in [0.1, 0.15) is 12.4 Å². The molecule has 1 aromatic carbocycles. The molecule has 1 saturated heterocycles. The molecule has 3 rings (SSSR count). The smallest absolute Gasteiger partial charge is 0.225 e. The molecule has 0 saturated carbocycles. The van der Waals surface area contributed by atoms with Gasteiger partial charge in [-0.3, -0.25) is 9.59 Å². The standard InChI is InChI=1S/C18H20ClN3O3/c19-15-5-1-2-6-16(15)25-9-8-22-12-13(10-17(22)23)18(24)21-11-14-4-3-7-20-14/h1-7,13,20H,8-12H2,(H,21,24). The van der Waals surface area contributed by atoms with Gasteiger partial charge < -0.3 is 19.9 Å². The summed E-state index contributed by atoms with van der Waals surface area (Å²) in [6.45, 7) is 1.63. The van der Waals surface area contributed by atoms with Crippen molar-refractivity contribution in [2.24, 2.45) is 5.92 Å². The van der Waals surface area contributed by atoms with Gasteiger partial charge in [-0.15, -0.1) is 0 Å². The third-order valence-electron chi connectivity index (χ3n) is 4.16. The second-order valence-corrected chi connectivity index (χ2v) is 6.34. The van der Waals surface area contributed by atoms with Crippen molar-refractivity contribution in [3.8, 4) is 5.75 Å². The van der Waals surface area contributed by atoms with Crippen LogP contribution in [0.25, 0.3) is 0 Å². The Balaban J connectivity index is 1.44. The molecule has 1 atom stereocenters. The van der Waals surface area contributed by atoms with Crippen LogP contribution in [0.3, 0.4) is 0 Å². The quantitative estimate of drug-likeness (QED) is 0.794. The van der Waals surface area contributed by atoms with E-state index in [2.05, 4.69) is 10.3 Å². The molecule has 0 spiro atoms. The lowest BCUT2D eigenvalue weighted by molar-refractivity contribution is -0.129. The van der Waals surface area contributed by atoms with E-state index < -0.39 is 0 Å². The van der Waals surface area contributed by atoms with Crippen molar-refractivity contribution in [1.82, 2.24) is 15.2 Å². The van der Waals surface area contributed by atoms with Gasteiger partial charge in [-0.05, 0) is 24.3 Å². The molecule has 6 nitrogen and oxygen atoms in total. The van der Waals surface area contributed by atoms with Crippen LogP contribution < -0.4 is 10.1 Å². The van der Waals surface area contributed by atoms with E-state index in [4.69, 9.17) is 16.3 Å². The zero-order chi connectivity index (χ0) is 17.6. The van der Waals surface area contributed by atoms with E-state index in [0.717, 1.165) is 5.69 Å². The van der Waals surface area contributed by atoms with Crippen LogP contribution >= 0.6 is 11.6 Å². The van der Waals surface area contributed by atoms with Crippen LogP contribution in [0.5, 0.6) is 5.75 Å². The molecular formula is C18H20ClN3O3. The van der Waals surface area contributed by atoms with Gasteiger partial charge in [0.2, 0.25) is 11.8 Å². The molecule has 1 unspecified atom stereocenters. The maximum absolute atomic E-state index is 12.2. The van der Waals surface area contributed by atoms with E-state index >= 15 is 0 Å². The van der Waals surface area contributed by atoms with Crippen LogP contribution in [-0.4, -0.2) is 41.4 Å². The van der Waals surface area contributed by atoms with E-state index in [9.17, 15) is 9.59 Å². The minimum Gasteiger partial charge on any atom is -0.490 e. The number of hydrogen-bond donors (Lipinski definition) is 2. The van der Waals surface area contributed by atoms with Gasteiger partial charge in [-0.25, -0.2) is 0 Å². The maximum Gasteiger partial charge on any atom is 0.225 e. The Labute approximate surface area is 151 Å². The van der Waals surface area contributed by atoms with Gasteiger partial charge >= 0.3 is 0 Å². The maximum atomic E-state index is 12.2. The van der Waals surface area contributed by atoms with Gasteiger partial charge in [0.15, 0.2) is 0 Å². The number of rotatable bonds is 7. The molecule has 1 aliphatic rings. The van der Waals surface area contributed by atoms with Crippen LogP contribution in [-0.2, 0) is 16.1 Å². The molecule has 2 amide bonds. The zero-order valence-electron chi connectivity index (χ0n) is 13.7. The highest BCUT2D eigenvalue weighted by Gasteiger charge is 2.33. The number of likely N-dealkylation sites (tertiary alicyclic amines) is 1. The molecule has 2 N–H and O–H groups in total. The van der Waals surface area contributed by atoms with Crippen LogP contribution in [0.2, 0.25) is 5.02 Å². The van der Waals surface area contributed by atoms with E-state index in [1.807, 2.05) is 24.3 Å². The summed E-state index contributed by atoms with van der Waals surface area (Å²) in [4.78, 5) is 29.0.